The van der Waals surface area contributed by atoms with Crippen molar-refractivity contribution >= 4 is 26.0 Å². The van der Waals surface area contributed by atoms with Crippen molar-refractivity contribution in [1.82, 2.24) is 4.72 Å². The number of alkyl halides is 1. The third-order valence-electron chi connectivity index (χ3n) is 2.78. The molecule has 0 saturated heterocycles. The zero-order valence-corrected chi connectivity index (χ0v) is 13.2. The predicted octanol–water partition coefficient (Wildman–Crippen LogP) is 3.17. The summed E-state index contributed by atoms with van der Waals surface area (Å²) in [6, 6.07) is 8.47. The Morgan fingerprint density at radius 1 is 1.22 bits per heavy atom. The standard InChI is InChI=1S/C13H20BrNO2S/c1-13(2,9-6-10-14)11-15-18(16,17)12-7-4-3-5-8-12/h3-5,7-8,15H,6,9-11H2,1-2H3. The van der Waals surface area contributed by atoms with Crippen LogP contribution >= 0.6 is 15.9 Å². The van der Waals surface area contributed by atoms with Gasteiger partial charge in [0.2, 0.25) is 10.0 Å². The molecule has 0 heterocycles. The van der Waals surface area contributed by atoms with E-state index in [0.717, 1.165) is 18.2 Å². The fourth-order valence-electron chi connectivity index (χ4n) is 1.61. The molecule has 102 valence electrons. The lowest BCUT2D eigenvalue weighted by Gasteiger charge is -2.24. The zero-order valence-electron chi connectivity index (χ0n) is 10.8. The van der Waals surface area contributed by atoms with Crippen molar-refractivity contribution in [3.8, 4) is 0 Å². The van der Waals surface area contributed by atoms with Gasteiger partial charge in [-0.1, -0.05) is 48.0 Å². The van der Waals surface area contributed by atoms with Gasteiger partial charge in [0.05, 0.1) is 4.90 Å². The Bertz CT molecular complexity index is 457. The molecule has 0 saturated carbocycles. The number of nitrogens with one attached hydrogen (secondary N) is 1. The summed E-state index contributed by atoms with van der Waals surface area (Å²) in [5, 5.41) is 0.946. The lowest BCUT2D eigenvalue weighted by molar-refractivity contribution is 0.332. The number of hydrogen-bond donors (Lipinski definition) is 1. The zero-order chi connectivity index (χ0) is 13.6. The molecule has 0 amide bonds. The molecule has 0 fully saturated rings. The van der Waals surface area contributed by atoms with E-state index in [4.69, 9.17) is 0 Å². The van der Waals surface area contributed by atoms with Crippen LogP contribution < -0.4 is 4.72 Å². The van der Waals surface area contributed by atoms with Crippen LogP contribution in [0.4, 0.5) is 0 Å². The highest BCUT2D eigenvalue weighted by molar-refractivity contribution is 9.09. The first-order valence-electron chi connectivity index (χ1n) is 5.98. The molecule has 1 rings (SSSR count). The van der Waals surface area contributed by atoms with Crippen molar-refractivity contribution in [1.29, 1.82) is 0 Å². The average Bonchev–Trinajstić information content (AvgIpc) is 2.36. The van der Waals surface area contributed by atoms with Gasteiger partial charge in [-0.15, -0.1) is 0 Å². The Hall–Kier alpha value is -0.390. The van der Waals surface area contributed by atoms with Gasteiger partial charge in [0.15, 0.2) is 0 Å². The van der Waals surface area contributed by atoms with Gasteiger partial charge in [-0.05, 0) is 30.4 Å². The molecule has 0 bridgehead atoms. The Labute approximate surface area is 118 Å². The third kappa shape index (κ3) is 5.08. The molecule has 0 aliphatic rings. The first-order valence-corrected chi connectivity index (χ1v) is 8.58. The molecule has 0 atom stereocenters. The van der Waals surface area contributed by atoms with E-state index in [0.29, 0.717) is 11.4 Å². The lowest BCUT2D eigenvalue weighted by atomic mass is 9.88. The van der Waals surface area contributed by atoms with Crippen molar-refractivity contribution in [3.63, 3.8) is 0 Å². The Kier molecular flexibility index (Phi) is 5.82. The van der Waals surface area contributed by atoms with Crippen LogP contribution in [0, 0.1) is 5.41 Å². The molecule has 0 aliphatic heterocycles. The van der Waals surface area contributed by atoms with Gasteiger partial charge < -0.3 is 0 Å². The van der Waals surface area contributed by atoms with E-state index in [2.05, 4.69) is 34.5 Å². The minimum Gasteiger partial charge on any atom is -0.211 e. The monoisotopic (exact) mass is 333 g/mol. The van der Waals surface area contributed by atoms with E-state index in [1.807, 2.05) is 0 Å². The van der Waals surface area contributed by atoms with Gasteiger partial charge in [-0.3, -0.25) is 0 Å². The van der Waals surface area contributed by atoms with Crippen molar-refractivity contribution in [3.05, 3.63) is 30.3 Å². The maximum Gasteiger partial charge on any atom is 0.240 e. The second-order valence-corrected chi connectivity index (χ2v) is 7.65. The molecule has 0 aromatic heterocycles. The van der Waals surface area contributed by atoms with Crippen LogP contribution in [0.25, 0.3) is 0 Å². The van der Waals surface area contributed by atoms with Gasteiger partial charge in [-0.25, -0.2) is 13.1 Å². The molecule has 0 spiro atoms. The topological polar surface area (TPSA) is 46.2 Å². The molecule has 1 aromatic carbocycles. The Morgan fingerprint density at radius 3 is 2.39 bits per heavy atom. The number of benzene rings is 1. The highest BCUT2D eigenvalue weighted by Gasteiger charge is 2.21. The molecule has 18 heavy (non-hydrogen) atoms. The molecule has 0 unspecified atom stereocenters. The fraction of sp³-hybridized carbons (Fsp3) is 0.538. The van der Waals surface area contributed by atoms with Gasteiger partial charge in [-0.2, -0.15) is 0 Å². The van der Waals surface area contributed by atoms with Crippen LogP contribution in [0.2, 0.25) is 0 Å². The highest BCUT2D eigenvalue weighted by atomic mass is 79.9. The van der Waals surface area contributed by atoms with Crippen LogP contribution in [-0.4, -0.2) is 20.3 Å². The van der Waals surface area contributed by atoms with E-state index in [1.165, 1.54) is 0 Å². The second-order valence-electron chi connectivity index (χ2n) is 5.09. The summed E-state index contributed by atoms with van der Waals surface area (Å²) in [4.78, 5) is 0.321. The van der Waals surface area contributed by atoms with Crippen molar-refractivity contribution in [2.24, 2.45) is 5.41 Å². The van der Waals surface area contributed by atoms with E-state index in [9.17, 15) is 8.42 Å². The molecule has 0 aliphatic carbocycles. The summed E-state index contributed by atoms with van der Waals surface area (Å²) in [5.74, 6) is 0. The largest absolute Gasteiger partial charge is 0.240 e. The van der Waals surface area contributed by atoms with Gasteiger partial charge >= 0.3 is 0 Å². The number of rotatable bonds is 7. The minimum atomic E-state index is -3.38. The third-order valence-corrected chi connectivity index (χ3v) is 4.76. The minimum absolute atomic E-state index is 0.0321. The summed E-state index contributed by atoms with van der Waals surface area (Å²) in [6.07, 6.45) is 2.02. The van der Waals surface area contributed by atoms with Crippen molar-refractivity contribution < 1.29 is 8.42 Å². The van der Waals surface area contributed by atoms with Crippen LogP contribution in [0.1, 0.15) is 26.7 Å². The van der Waals surface area contributed by atoms with Crippen LogP contribution in [0.5, 0.6) is 0 Å². The number of sulfonamides is 1. The first kappa shape index (κ1) is 15.7. The van der Waals surface area contributed by atoms with E-state index in [1.54, 1.807) is 30.3 Å². The van der Waals surface area contributed by atoms with Gasteiger partial charge in [0.25, 0.3) is 0 Å². The summed E-state index contributed by atoms with van der Waals surface area (Å²) in [6.45, 7) is 4.60. The quantitative estimate of drug-likeness (QED) is 0.779. The maximum absolute atomic E-state index is 12.0. The summed E-state index contributed by atoms with van der Waals surface area (Å²) >= 11 is 3.39. The molecule has 5 heteroatoms. The first-order chi connectivity index (χ1) is 8.37. The van der Waals surface area contributed by atoms with Crippen LogP contribution in [0.3, 0.4) is 0 Å². The predicted molar refractivity (Wildman–Crippen MR) is 78.4 cm³/mol. The van der Waals surface area contributed by atoms with Gasteiger partial charge in [0.1, 0.15) is 0 Å². The van der Waals surface area contributed by atoms with E-state index < -0.39 is 10.0 Å². The highest BCUT2D eigenvalue weighted by Crippen LogP contribution is 2.22. The number of hydrogen-bond acceptors (Lipinski definition) is 2. The van der Waals surface area contributed by atoms with Gasteiger partial charge in [0, 0.05) is 11.9 Å². The van der Waals surface area contributed by atoms with Crippen molar-refractivity contribution in [2.75, 3.05) is 11.9 Å². The SMILES string of the molecule is CC(C)(CCCBr)CNS(=O)(=O)c1ccccc1. The molecule has 1 N–H and O–H groups in total. The normalized spacial score (nSPS) is 12.6. The summed E-state index contributed by atoms with van der Waals surface area (Å²) in [7, 11) is -3.38. The fourth-order valence-corrected chi connectivity index (χ4v) is 3.15. The van der Waals surface area contributed by atoms with E-state index >= 15 is 0 Å². The molecule has 1 aromatic rings. The van der Waals surface area contributed by atoms with Crippen molar-refractivity contribution in [2.45, 2.75) is 31.6 Å². The molecular weight excluding hydrogens is 314 g/mol. The Morgan fingerprint density at radius 2 is 1.83 bits per heavy atom. The molecule has 3 nitrogen and oxygen atoms in total. The van der Waals surface area contributed by atoms with Crippen LogP contribution in [0.15, 0.2) is 35.2 Å². The average molecular weight is 334 g/mol. The smallest absolute Gasteiger partial charge is 0.211 e. The maximum atomic E-state index is 12.0. The van der Waals surface area contributed by atoms with E-state index in [-0.39, 0.29) is 5.41 Å². The van der Waals surface area contributed by atoms with Crippen LogP contribution in [-0.2, 0) is 10.0 Å². The second kappa shape index (κ2) is 6.68. The number of halogens is 1. The lowest BCUT2D eigenvalue weighted by Crippen LogP contribution is -2.34. The summed E-state index contributed by atoms with van der Waals surface area (Å²) < 4.78 is 26.7. The molecular formula is C13H20BrNO2S. The molecule has 0 radical (unpaired) electrons. The Balaban J connectivity index is 2.63. The summed E-state index contributed by atoms with van der Waals surface area (Å²) in [5.41, 5.74) is -0.0321.